The van der Waals surface area contributed by atoms with E-state index in [1.54, 1.807) is 10.5 Å². The van der Waals surface area contributed by atoms with Crippen LogP contribution in [0.2, 0.25) is 0 Å². The van der Waals surface area contributed by atoms with Crippen molar-refractivity contribution in [2.24, 2.45) is 35.5 Å². The van der Waals surface area contributed by atoms with Crippen molar-refractivity contribution in [3.63, 3.8) is 0 Å². The van der Waals surface area contributed by atoms with Gasteiger partial charge in [0.05, 0.1) is 43.7 Å². The van der Waals surface area contributed by atoms with Crippen molar-refractivity contribution in [2.75, 3.05) is 65.7 Å². The van der Waals surface area contributed by atoms with Crippen LogP contribution in [0.5, 0.6) is 0 Å². The van der Waals surface area contributed by atoms with E-state index in [2.05, 4.69) is 87.2 Å². The average molecular weight is 783 g/mol. The van der Waals surface area contributed by atoms with Gasteiger partial charge in [-0.1, -0.05) is 33.8 Å². The number of imidazole rings is 2. The summed E-state index contributed by atoms with van der Waals surface area (Å²) in [5.41, 5.74) is 14.2. The summed E-state index contributed by atoms with van der Waals surface area (Å²) in [5, 5.41) is 5.81. The molecule has 13 heteroatoms. The molecule has 2 aromatic heterocycles. The van der Waals surface area contributed by atoms with Crippen molar-refractivity contribution < 1.29 is 14.3 Å². The second-order valence-corrected chi connectivity index (χ2v) is 19.1. The van der Waals surface area contributed by atoms with Gasteiger partial charge in [-0.05, 0) is 103 Å². The highest BCUT2D eigenvalue weighted by molar-refractivity contribution is 5.82. The molecule has 1 amide bonds. The second-order valence-electron chi connectivity index (χ2n) is 19.1. The van der Waals surface area contributed by atoms with E-state index in [-0.39, 0.29) is 30.0 Å². The van der Waals surface area contributed by atoms with Gasteiger partial charge in [0.25, 0.3) is 0 Å². The molecular weight excluding hydrogens is 715 g/mol. The van der Waals surface area contributed by atoms with E-state index in [1.807, 2.05) is 0 Å². The van der Waals surface area contributed by atoms with Gasteiger partial charge in [-0.15, -0.1) is 0 Å². The van der Waals surface area contributed by atoms with Gasteiger partial charge in [0.1, 0.15) is 17.7 Å². The van der Waals surface area contributed by atoms with Crippen molar-refractivity contribution in [3.05, 3.63) is 53.3 Å². The number of ether oxygens (including phenoxy) is 1. The zero-order chi connectivity index (χ0) is 39.2. The SMILES string of the molecule is CC(C)C[N+](=N)N1CCCC1c1ncc(C2=CC=C(N3CCC(c4cnc(C5CCCN5C(=O)C(NCN5CCOCC5)C(C)C)[nH]4)CC3)C3C4CCC(C4)C23)[nH]1. The van der Waals surface area contributed by atoms with Crippen LogP contribution < -0.4 is 5.32 Å². The number of allylic oxidation sites excluding steroid dienone is 4. The first-order chi connectivity index (χ1) is 27.7. The molecule has 6 heterocycles. The fourth-order valence-electron chi connectivity index (χ4n) is 11.8. The Kier molecular flexibility index (Phi) is 11.3. The first kappa shape index (κ1) is 38.9. The highest BCUT2D eigenvalue weighted by Gasteiger charge is 2.53. The summed E-state index contributed by atoms with van der Waals surface area (Å²) in [6, 6.07) is -0.0452. The van der Waals surface area contributed by atoms with Crippen LogP contribution in [-0.2, 0) is 9.53 Å². The van der Waals surface area contributed by atoms with Crippen molar-refractivity contribution in [1.29, 1.82) is 5.53 Å². The monoisotopic (exact) mass is 783 g/mol. The highest BCUT2D eigenvalue weighted by Crippen LogP contribution is 2.60. The standard InChI is InChI=1S/C44H68N11O2/c1-28(2)26-55(45)54-16-6-8-38(54)43-47-25-35(50-43)33-11-12-36(40-32-10-9-31(23-32)39(33)40)52-17-13-30(14-18-52)34-24-46-42(49-34)37-7-5-15-53(37)44(56)41(29(3)4)48-27-51-19-21-57-22-20-51/h11-12,24-25,28-32,37-41,45,48H,5-10,13-23,26-27H2,1-4H3,(H,46,49)(H,47,50)/q+1. The molecule has 3 aliphatic carbocycles. The van der Waals surface area contributed by atoms with Crippen LogP contribution in [-0.4, -0.2) is 122 Å². The lowest BCUT2D eigenvalue weighted by Crippen LogP contribution is -2.53. The Balaban J connectivity index is 0.849. The number of carbonyl (C=O) groups is 1. The topological polar surface area (TPSA) is 136 Å². The van der Waals surface area contributed by atoms with E-state index in [0.29, 0.717) is 30.3 Å². The predicted octanol–water partition coefficient (Wildman–Crippen LogP) is 6.27. The van der Waals surface area contributed by atoms with Crippen molar-refractivity contribution in [2.45, 2.75) is 110 Å². The molecule has 2 aromatic rings. The average Bonchev–Trinajstić information content (AvgIpc) is 4.08. The van der Waals surface area contributed by atoms with Crippen LogP contribution in [0, 0.1) is 41.0 Å². The minimum absolute atomic E-state index is 0.0150. The van der Waals surface area contributed by atoms with Gasteiger partial charge in [-0.3, -0.25) is 15.0 Å². The summed E-state index contributed by atoms with van der Waals surface area (Å²) in [4.78, 5) is 40.4. The molecule has 0 radical (unpaired) electrons. The number of nitrogens with one attached hydrogen (secondary N) is 4. The number of aromatic amines is 2. The molecule has 6 fully saturated rings. The van der Waals surface area contributed by atoms with Crippen LogP contribution in [0.4, 0.5) is 0 Å². The fraction of sp³-hybridized carbons (Fsp3) is 0.750. The van der Waals surface area contributed by atoms with Gasteiger partial charge in [-0.2, -0.15) is 5.01 Å². The number of likely N-dealkylation sites (tertiary alicyclic amines) is 2. The van der Waals surface area contributed by atoms with E-state index in [1.165, 1.54) is 36.2 Å². The van der Waals surface area contributed by atoms with Crippen LogP contribution in [0.25, 0.3) is 5.57 Å². The molecular formula is C44H68N11O2+. The van der Waals surface area contributed by atoms with Gasteiger partial charge in [-0.25, -0.2) is 9.97 Å². The highest BCUT2D eigenvalue weighted by atomic mass is 16.5. The molecule has 4 aliphatic heterocycles. The molecule has 7 unspecified atom stereocenters. The number of carbonyl (C=O) groups excluding carboxylic acids is 1. The first-order valence-corrected chi connectivity index (χ1v) is 22.6. The number of piperidine rings is 1. The van der Waals surface area contributed by atoms with Gasteiger partial charge < -0.3 is 24.5 Å². The lowest BCUT2D eigenvalue weighted by Gasteiger charge is -2.44. The number of amides is 1. The number of morpholine rings is 1. The molecule has 57 heavy (non-hydrogen) atoms. The van der Waals surface area contributed by atoms with E-state index in [4.69, 9.17) is 20.2 Å². The minimum Gasteiger partial charge on any atom is -0.379 e. The molecule has 0 spiro atoms. The summed E-state index contributed by atoms with van der Waals surface area (Å²) >= 11 is 0. The van der Waals surface area contributed by atoms with E-state index < -0.39 is 0 Å². The third-order valence-corrected chi connectivity index (χ3v) is 14.7. The van der Waals surface area contributed by atoms with E-state index in [9.17, 15) is 4.79 Å². The Morgan fingerprint density at radius 1 is 0.877 bits per heavy atom. The Bertz CT molecular complexity index is 1800. The Hall–Kier alpha value is -3.55. The van der Waals surface area contributed by atoms with Gasteiger partial charge in [0.2, 0.25) is 12.5 Å². The molecule has 13 nitrogen and oxygen atoms in total. The number of H-pyrrole nitrogens is 2. The zero-order valence-corrected chi connectivity index (χ0v) is 35.0. The maximum absolute atomic E-state index is 14.0. The quantitative estimate of drug-likeness (QED) is 0.138. The zero-order valence-electron chi connectivity index (χ0n) is 35.0. The number of rotatable bonds is 13. The number of aromatic nitrogens is 4. The number of nitrogens with zero attached hydrogens (tertiary/aromatic N) is 7. The third-order valence-electron chi connectivity index (χ3n) is 14.7. The van der Waals surface area contributed by atoms with Crippen LogP contribution in [0.3, 0.4) is 0 Å². The van der Waals surface area contributed by atoms with Crippen LogP contribution in [0.1, 0.15) is 127 Å². The van der Waals surface area contributed by atoms with Crippen molar-refractivity contribution >= 4 is 11.5 Å². The Morgan fingerprint density at radius 3 is 2.37 bits per heavy atom. The second kappa shape index (κ2) is 16.6. The Morgan fingerprint density at radius 2 is 1.60 bits per heavy atom. The summed E-state index contributed by atoms with van der Waals surface area (Å²) < 4.78 is 5.52. The number of hydrogen-bond donors (Lipinski definition) is 4. The molecule has 2 bridgehead atoms. The first-order valence-electron chi connectivity index (χ1n) is 22.6. The summed E-state index contributed by atoms with van der Waals surface area (Å²) in [7, 11) is 0. The largest absolute Gasteiger partial charge is 0.379 e. The van der Waals surface area contributed by atoms with E-state index >= 15 is 0 Å². The number of hydrazine groups is 1. The summed E-state index contributed by atoms with van der Waals surface area (Å²) in [6.07, 6.45) is 19.4. The molecule has 310 valence electrons. The lowest BCUT2D eigenvalue weighted by molar-refractivity contribution is -0.768. The lowest BCUT2D eigenvalue weighted by atomic mass is 9.70. The molecule has 0 aromatic carbocycles. The van der Waals surface area contributed by atoms with Crippen molar-refractivity contribution in [3.8, 4) is 0 Å². The maximum atomic E-state index is 14.0. The number of hydrogen-bond acceptors (Lipinski definition) is 8. The third kappa shape index (κ3) is 7.73. The minimum atomic E-state index is -0.211. The molecule has 9 rings (SSSR count). The van der Waals surface area contributed by atoms with Gasteiger partial charge in [0.15, 0.2) is 0 Å². The molecule has 7 atom stereocenters. The molecule has 7 aliphatic rings. The van der Waals surface area contributed by atoms with Gasteiger partial charge in [0, 0.05) is 74.7 Å². The maximum Gasteiger partial charge on any atom is 0.240 e. The summed E-state index contributed by atoms with van der Waals surface area (Å²) in [5.74, 6) is 5.96. The summed E-state index contributed by atoms with van der Waals surface area (Å²) in [6.45, 7) is 17.3. The number of fused-ring (bicyclic) bond motifs is 5. The van der Waals surface area contributed by atoms with Gasteiger partial charge >= 0.3 is 0 Å². The van der Waals surface area contributed by atoms with Crippen LogP contribution >= 0.6 is 0 Å². The molecule has 4 saturated heterocycles. The molecule has 2 saturated carbocycles. The van der Waals surface area contributed by atoms with Crippen LogP contribution in [0.15, 0.2) is 30.2 Å². The normalized spacial score (nSPS) is 30.1. The predicted molar refractivity (Wildman–Crippen MR) is 219 cm³/mol. The Labute approximate surface area is 339 Å². The fourth-order valence-corrected chi connectivity index (χ4v) is 11.8. The smallest absolute Gasteiger partial charge is 0.240 e. The molecule has 4 N–H and O–H groups in total. The van der Waals surface area contributed by atoms with E-state index in [0.717, 1.165) is 121 Å². The van der Waals surface area contributed by atoms with Crippen molar-refractivity contribution in [1.82, 2.24) is 45.0 Å².